The second kappa shape index (κ2) is 12.6. The van der Waals surface area contributed by atoms with E-state index in [9.17, 15) is 0 Å². The third kappa shape index (κ3) is 4.73. The number of methoxy groups -OCH3 is 2. The molecule has 2 spiro atoms. The maximum absolute atomic E-state index is 16.2. The first-order chi connectivity index (χ1) is 26.5. The van der Waals surface area contributed by atoms with Crippen LogP contribution in [0.1, 0.15) is 39.8 Å². The number of carbonyl (C=O) groups is 1. The van der Waals surface area contributed by atoms with Crippen LogP contribution in [0.2, 0.25) is 0 Å². The van der Waals surface area contributed by atoms with Crippen molar-refractivity contribution >= 4 is 22.8 Å². The maximum Gasteiger partial charge on any atom is 0.170 e. The molecule has 8 nitrogen and oxygen atoms in total. The van der Waals surface area contributed by atoms with Gasteiger partial charge in [0, 0.05) is 47.7 Å². The van der Waals surface area contributed by atoms with Gasteiger partial charge in [-0.1, -0.05) is 78.9 Å². The summed E-state index contributed by atoms with van der Waals surface area (Å²) in [7, 11) is 3.35. The number of nitrogens with one attached hydrogen (secondary N) is 3. The lowest BCUT2D eigenvalue weighted by Crippen LogP contribution is -2.66. The first-order valence-electron chi connectivity index (χ1n) is 18.7. The fourth-order valence-corrected chi connectivity index (χ4v) is 10.2. The number of Topliss-reactive ketones (excluding diaryl/α,β-unsaturated/α-hetero) is 1. The van der Waals surface area contributed by atoms with Crippen LogP contribution in [0.3, 0.4) is 0 Å². The Morgan fingerprint density at radius 2 is 1.48 bits per heavy atom. The Balaban J connectivity index is 1.25. The van der Waals surface area contributed by atoms with Gasteiger partial charge in [0.15, 0.2) is 5.78 Å². The first kappa shape index (κ1) is 32.8. The fraction of sp³-hybridized carbons (Fsp3) is 0.239. The molecule has 3 aliphatic heterocycles. The summed E-state index contributed by atoms with van der Waals surface area (Å²) in [6, 6.07) is 40.7. The number of ether oxygens (including phenoxy) is 2. The predicted octanol–water partition coefficient (Wildman–Crippen LogP) is 6.00. The summed E-state index contributed by atoms with van der Waals surface area (Å²) >= 11 is 0. The average Bonchev–Trinajstić information content (AvgIpc) is 3.85. The molecule has 268 valence electrons. The van der Waals surface area contributed by atoms with Gasteiger partial charge in [-0.05, 0) is 82.8 Å². The van der Waals surface area contributed by atoms with E-state index < -0.39 is 11.0 Å². The van der Waals surface area contributed by atoms with Gasteiger partial charge < -0.3 is 25.1 Å². The minimum atomic E-state index is -1.00. The largest absolute Gasteiger partial charge is 0.497 e. The number of aromatic nitrogens is 1. The van der Waals surface area contributed by atoms with Gasteiger partial charge in [-0.15, -0.1) is 0 Å². The molecule has 3 N–H and O–H groups in total. The summed E-state index contributed by atoms with van der Waals surface area (Å²) in [5, 5.41) is 11.1. The lowest BCUT2D eigenvalue weighted by molar-refractivity contribution is -0.131. The van der Waals surface area contributed by atoms with Gasteiger partial charge in [-0.2, -0.15) is 0 Å². The Labute approximate surface area is 313 Å². The predicted molar refractivity (Wildman–Crippen MR) is 209 cm³/mol. The van der Waals surface area contributed by atoms with Crippen molar-refractivity contribution in [2.75, 3.05) is 27.3 Å². The fourth-order valence-electron chi connectivity index (χ4n) is 10.2. The zero-order valence-corrected chi connectivity index (χ0v) is 30.3. The maximum atomic E-state index is 16.2. The number of fused-ring (bicyclic) bond motifs is 8. The number of carbonyl (C=O) groups excluding carboxylic acids is 1. The molecule has 54 heavy (non-hydrogen) atoms. The van der Waals surface area contributed by atoms with Crippen molar-refractivity contribution in [3.05, 3.63) is 172 Å². The summed E-state index contributed by atoms with van der Waals surface area (Å²) in [5.74, 6) is 1.43. The second-order valence-electron chi connectivity index (χ2n) is 14.9. The van der Waals surface area contributed by atoms with Crippen molar-refractivity contribution in [1.82, 2.24) is 15.6 Å². The van der Waals surface area contributed by atoms with E-state index >= 15 is 4.79 Å². The van der Waals surface area contributed by atoms with Crippen molar-refractivity contribution in [2.24, 2.45) is 15.4 Å². The zero-order valence-electron chi connectivity index (χ0n) is 30.3. The second-order valence-corrected chi connectivity index (χ2v) is 14.9. The monoisotopic (exact) mass is 711 g/mol. The molecule has 6 unspecified atom stereocenters. The molecule has 8 heteroatoms. The van der Waals surface area contributed by atoms with Crippen LogP contribution >= 0.6 is 0 Å². The number of hydrogen-bond acceptors (Lipinski definition) is 7. The minimum Gasteiger partial charge on any atom is -0.497 e. The molecule has 0 bridgehead atoms. The van der Waals surface area contributed by atoms with Crippen LogP contribution in [0.15, 0.2) is 143 Å². The van der Waals surface area contributed by atoms with Crippen molar-refractivity contribution in [3.63, 3.8) is 0 Å². The van der Waals surface area contributed by atoms with E-state index in [4.69, 9.17) is 19.5 Å². The molecule has 1 aromatic heterocycles. The van der Waals surface area contributed by atoms with E-state index in [2.05, 4.69) is 88.6 Å². The average molecular weight is 712 g/mol. The number of piperidine rings is 1. The minimum absolute atomic E-state index is 0.135. The van der Waals surface area contributed by atoms with Crippen LogP contribution in [0, 0.1) is 5.41 Å². The molecule has 0 radical (unpaired) electrons. The molecule has 5 aromatic carbocycles. The van der Waals surface area contributed by atoms with Crippen LogP contribution in [0.5, 0.6) is 11.5 Å². The molecule has 0 saturated carbocycles. The van der Waals surface area contributed by atoms with Crippen molar-refractivity contribution in [2.45, 2.75) is 36.0 Å². The summed E-state index contributed by atoms with van der Waals surface area (Å²) in [4.78, 5) is 30.7. The topological polar surface area (TPSA) is 100 Å². The molecule has 10 rings (SSSR count). The number of ketones is 1. The highest BCUT2D eigenvalue weighted by Gasteiger charge is 2.75. The van der Waals surface area contributed by atoms with Crippen LogP contribution in [-0.2, 0) is 16.8 Å². The quantitative estimate of drug-likeness (QED) is 0.184. The standard InChI is InChI=1S/C46H41N5O3/c1-53-32-19-15-28(16-20-32)23-31-25-47-27-45(44(31)52)41(29-17-21-33(54-2)22-18-29)40(24-30-26-48-37-12-6-4-9-34(30)37)51-46(45)36-11-5-3-10-35(36)42-43(46)50-39-14-8-7-13-38(39)49-42/h3-23,26,40-43,47-48,51H,24-25,27H2,1-2H3/b31-23+. The Bertz CT molecular complexity index is 2580. The summed E-state index contributed by atoms with van der Waals surface area (Å²) in [6.45, 7) is 0.930. The Kier molecular flexibility index (Phi) is 7.68. The Morgan fingerprint density at radius 3 is 2.26 bits per heavy atom. The highest BCUT2D eigenvalue weighted by atomic mass is 16.5. The van der Waals surface area contributed by atoms with Gasteiger partial charge in [0.25, 0.3) is 0 Å². The van der Waals surface area contributed by atoms with E-state index in [0.717, 1.165) is 55.6 Å². The summed E-state index contributed by atoms with van der Waals surface area (Å²) in [6.07, 6.45) is 4.88. The Hall–Kier alpha value is -5.83. The molecule has 4 heterocycles. The highest BCUT2D eigenvalue weighted by Crippen LogP contribution is 2.66. The van der Waals surface area contributed by atoms with E-state index in [-0.39, 0.29) is 29.8 Å². The number of aromatic amines is 1. The van der Waals surface area contributed by atoms with Gasteiger partial charge >= 0.3 is 0 Å². The Morgan fingerprint density at radius 1 is 0.796 bits per heavy atom. The van der Waals surface area contributed by atoms with Gasteiger partial charge in [-0.3, -0.25) is 14.8 Å². The number of nitrogens with zero attached hydrogens (tertiary/aromatic N) is 2. The van der Waals surface area contributed by atoms with Crippen LogP contribution in [0.4, 0.5) is 0 Å². The van der Waals surface area contributed by atoms with E-state index in [0.29, 0.717) is 19.5 Å². The summed E-state index contributed by atoms with van der Waals surface area (Å²) < 4.78 is 11.1. The lowest BCUT2D eigenvalue weighted by atomic mass is 9.54. The molecule has 4 aliphatic rings. The van der Waals surface area contributed by atoms with Gasteiger partial charge in [0.1, 0.15) is 23.6 Å². The molecule has 2 fully saturated rings. The number of para-hydroxylation sites is 3. The van der Waals surface area contributed by atoms with Crippen molar-refractivity contribution < 1.29 is 14.3 Å². The third-order valence-electron chi connectivity index (χ3n) is 12.4. The number of hydrogen-bond donors (Lipinski definition) is 3. The first-order valence-corrected chi connectivity index (χ1v) is 18.7. The molecule has 2 saturated heterocycles. The van der Waals surface area contributed by atoms with Crippen LogP contribution in [0.25, 0.3) is 17.0 Å². The van der Waals surface area contributed by atoms with Gasteiger partial charge in [-0.25, -0.2) is 0 Å². The highest BCUT2D eigenvalue weighted by molar-refractivity contribution is 6.07. The van der Waals surface area contributed by atoms with E-state index in [1.54, 1.807) is 14.2 Å². The molecular formula is C46H41N5O3. The van der Waals surface area contributed by atoms with E-state index in [1.807, 2.05) is 60.7 Å². The van der Waals surface area contributed by atoms with Crippen molar-refractivity contribution in [1.29, 1.82) is 0 Å². The van der Waals surface area contributed by atoms with Crippen molar-refractivity contribution in [3.8, 4) is 11.5 Å². The van der Waals surface area contributed by atoms with Gasteiger partial charge in [0.05, 0.1) is 35.9 Å². The molecular weight excluding hydrogens is 671 g/mol. The third-order valence-corrected chi connectivity index (χ3v) is 12.4. The zero-order chi connectivity index (χ0) is 36.4. The normalized spacial score (nSPS) is 27.4. The molecule has 6 aromatic rings. The smallest absolute Gasteiger partial charge is 0.170 e. The molecule has 1 aliphatic carbocycles. The van der Waals surface area contributed by atoms with Crippen LogP contribution < -0.4 is 30.8 Å². The molecule has 6 atom stereocenters. The van der Waals surface area contributed by atoms with Crippen LogP contribution in [-0.4, -0.2) is 50.2 Å². The number of H-pyrrole nitrogens is 1. The number of rotatable bonds is 6. The summed E-state index contributed by atoms with van der Waals surface area (Å²) in [5.41, 5.74) is 5.39. The van der Waals surface area contributed by atoms with E-state index in [1.165, 1.54) is 10.9 Å². The lowest BCUT2D eigenvalue weighted by Gasteiger charge is -2.51. The molecule has 0 amide bonds. The SMILES string of the molecule is COc1ccc(/C=C2\CNCC3(C2=O)C(c2ccc(OC)cc2)C(Cc2c[nH]c4ccccc24)NC32c3ccccc3C3N=c4ccccc4=NC32)cc1. The number of benzene rings is 5. The van der Waals surface area contributed by atoms with Gasteiger partial charge in [0.2, 0.25) is 0 Å².